The van der Waals surface area contributed by atoms with E-state index in [-0.39, 0.29) is 12.5 Å². The smallest absolute Gasteiger partial charge is 0.222 e. The molecule has 0 saturated carbocycles. The highest BCUT2D eigenvalue weighted by atomic mass is 16.5. The normalized spacial score (nSPS) is 10.2. The van der Waals surface area contributed by atoms with Crippen LogP contribution in [0.25, 0.3) is 0 Å². The Balaban J connectivity index is 2.46. The van der Waals surface area contributed by atoms with E-state index in [4.69, 9.17) is 9.84 Å². The highest BCUT2D eigenvalue weighted by Crippen LogP contribution is 2.17. The van der Waals surface area contributed by atoms with Crippen LogP contribution in [-0.4, -0.2) is 43.2 Å². The molecular formula is C14H21NO3. The third-order valence-electron chi connectivity index (χ3n) is 2.88. The molecule has 0 unspecified atom stereocenters. The zero-order chi connectivity index (χ0) is 13.4. The van der Waals surface area contributed by atoms with Crippen molar-refractivity contribution < 1.29 is 14.6 Å². The van der Waals surface area contributed by atoms with Crippen molar-refractivity contribution in [3.05, 3.63) is 29.8 Å². The number of nitrogens with zero attached hydrogens (tertiary/aromatic N) is 1. The Labute approximate surface area is 108 Å². The Hall–Kier alpha value is -1.55. The van der Waals surface area contributed by atoms with Gasteiger partial charge in [0, 0.05) is 26.6 Å². The van der Waals surface area contributed by atoms with Crippen LogP contribution in [0.2, 0.25) is 0 Å². The van der Waals surface area contributed by atoms with Crippen LogP contribution in [0.1, 0.15) is 18.4 Å². The van der Waals surface area contributed by atoms with Gasteiger partial charge in [0.25, 0.3) is 0 Å². The zero-order valence-electron chi connectivity index (χ0n) is 11.1. The molecule has 0 radical (unpaired) electrons. The van der Waals surface area contributed by atoms with Crippen LogP contribution >= 0.6 is 0 Å². The molecule has 100 valence electrons. The minimum absolute atomic E-state index is 0.0616. The molecule has 0 aliphatic rings. The first-order valence-electron chi connectivity index (χ1n) is 6.15. The molecule has 0 saturated heterocycles. The number of methoxy groups -OCH3 is 1. The van der Waals surface area contributed by atoms with Gasteiger partial charge in [-0.3, -0.25) is 4.79 Å². The van der Waals surface area contributed by atoms with Gasteiger partial charge in [0.1, 0.15) is 5.75 Å². The number of aliphatic hydroxyl groups is 1. The number of aliphatic hydroxyl groups excluding tert-OH is 1. The highest BCUT2D eigenvalue weighted by Gasteiger charge is 2.09. The fourth-order valence-corrected chi connectivity index (χ4v) is 1.74. The third-order valence-corrected chi connectivity index (χ3v) is 2.88. The molecule has 4 heteroatoms. The molecule has 0 aliphatic carbocycles. The largest absolute Gasteiger partial charge is 0.496 e. The second-order valence-electron chi connectivity index (χ2n) is 4.20. The number of hydrogen-bond donors (Lipinski definition) is 1. The molecule has 0 spiro atoms. The lowest BCUT2D eigenvalue weighted by Gasteiger charge is -2.17. The second kappa shape index (κ2) is 7.71. The molecular weight excluding hydrogens is 230 g/mol. The van der Waals surface area contributed by atoms with Gasteiger partial charge in [0.15, 0.2) is 0 Å². The summed E-state index contributed by atoms with van der Waals surface area (Å²) >= 11 is 0. The quantitative estimate of drug-likeness (QED) is 0.798. The predicted octanol–water partition coefficient (Wildman–Crippen LogP) is 1.47. The van der Waals surface area contributed by atoms with Crippen molar-refractivity contribution in [2.45, 2.75) is 19.3 Å². The van der Waals surface area contributed by atoms with Gasteiger partial charge in [-0.25, -0.2) is 0 Å². The number of rotatable bonds is 7. The average Bonchev–Trinajstić information content (AvgIpc) is 2.42. The number of para-hydroxylation sites is 1. The van der Waals surface area contributed by atoms with Crippen LogP contribution in [-0.2, 0) is 11.2 Å². The van der Waals surface area contributed by atoms with Crippen molar-refractivity contribution in [3.8, 4) is 5.75 Å². The Morgan fingerprint density at radius 2 is 2.11 bits per heavy atom. The Morgan fingerprint density at radius 1 is 1.39 bits per heavy atom. The van der Waals surface area contributed by atoms with E-state index in [2.05, 4.69) is 0 Å². The van der Waals surface area contributed by atoms with E-state index in [1.807, 2.05) is 24.3 Å². The molecule has 0 heterocycles. The van der Waals surface area contributed by atoms with Crippen molar-refractivity contribution in [2.75, 3.05) is 27.3 Å². The molecule has 0 atom stereocenters. The van der Waals surface area contributed by atoms with Crippen molar-refractivity contribution in [1.82, 2.24) is 4.90 Å². The lowest BCUT2D eigenvalue weighted by molar-refractivity contribution is -0.130. The molecule has 1 amide bonds. The Morgan fingerprint density at radius 3 is 2.78 bits per heavy atom. The maximum Gasteiger partial charge on any atom is 0.222 e. The fraction of sp³-hybridized carbons (Fsp3) is 0.500. The summed E-state index contributed by atoms with van der Waals surface area (Å²) in [6.45, 7) is 0.719. The molecule has 18 heavy (non-hydrogen) atoms. The molecule has 0 bridgehead atoms. The molecule has 1 rings (SSSR count). The van der Waals surface area contributed by atoms with Crippen LogP contribution in [0.5, 0.6) is 5.75 Å². The van der Waals surface area contributed by atoms with Crippen LogP contribution in [0.4, 0.5) is 0 Å². The molecule has 1 aromatic carbocycles. The minimum Gasteiger partial charge on any atom is -0.496 e. The number of ether oxygens (including phenoxy) is 1. The van der Waals surface area contributed by atoms with Crippen LogP contribution in [0.15, 0.2) is 24.3 Å². The average molecular weight is 251 g/mol. The summed E-state index contributed by atoms with van der Waals surface area (Å²) in [5.74, 6) is 0.924. The van der Waals surface area contributed by atoms with Crippen molar-refractivity contribution >= 4 is 5.91 Å². The van der Waals surface area contributed by atoms with Gasteiger partial charge >= 0.3 is 0 Å². The van der Waals surface area contributed by atoms with Gasteiger partial charge in [0.05, 0.1) is 7.11 Å². The first kappa shape index (κ1) is 14.5. The third kappa shape index (κ3) is 4.37. The maximum absolute atomic E-state index is 11.7. The van der Waals surface area contributed by atoms with E-state index in [0.717, 1.165) is 17.7 Å². The summed E-state index contributed by atoms with van der Waals surface area (Å²) in [7, 11) is 3.43. The van der Waals surface area contributed by atoms with Gasteiger partial charge in [0.2, 0.25) is 5.91 Å². The van der Waals surface area contributed by atoms with Gasteiger partial charge in [-0.05, 0) is 24.5 Å². The number of benzene rings is 1. The lowest BCUT2D eigenvalue weighted by atomic mass is 10.1. The number of amides is 1. The van der Waals surface area contributed by atoms with E-state index in [1.165, 1.54) is 0 Å². The Bertz CT molecular complexity index is 379. The van der Waals surface area contributed by atoms with E-state index in [9.17, 15) is 4.79 Å². The molecule has 0 fully saturated rings. The summed E-state index contributed by atoms with van der Waals surface area (Å²) in [5, 5.41) is 8.69. The van der Waals surface area contributed by atoms with Crippen molar-refractivity contribution in [1.29, 1.82) is 0 Å². The number of carbonyl (C=O) groups excluding carboxylic acids is 1. The van der Waals surface area contributed by atoms with E-state index < -0.39 is 0 Å². The minimum atomic E-state index is 0.0616. The van der Waals surface area contributed by atoms with Crippen LogP contribution in [0, 0.1) is 0 Å². The Kier molecular flexibility index (Phi) is 6.22. The first-order valence-corrected chi connectivity index (χ1v) is 6.15. The van der Waals surface area contributed by atoms with Crippen molar-refractivity contribution in [3.63, 3.8) is 0 Å². The van der Waals surface area contributed by atoms with E-state index >= 15 is 0 Å². The molecule has 0 aliphatic heterocycles. The van der Waals surface area contributed by atoms with E-state index in [0.29, 0.717) is 19.4 Å². The maximum atomic E-state index is 11.7. The van der Waals surface area contributed by atoms with Crippen LogP contribution < -0.4 is 4.74 Å². The summed E-state index contributed by atoms with van der Waals surface area (Å²) in [6.07, 6.45) is 1.70. The molecule has 4 nitrogen and oxygen atoms in total. The van der Waals surface area contributed by atoms with E-state index in [1.54, 1.807) is 19.1 Å². The highest BCUT2D eigenvalue weighted by molar-refractivity contribution is 5.75. The van der Waals surface area contributed by atoms with Gasteiger partial charge in [-0.15, -0.1) is 0 Å². The molecule has 1 aromatic rings. The van der Waals surface area contributed by atoms with Crippen molar-refractivity contribution in [2.24, 2.45) is 0 Å². The standard InChI is InChI=1S/C14H21NO3/c1-15(14(17)8-5-11-16)10-9-12-6-3-4-7-13(12)18-2/h3-4,6-7,16H,5,8-11H2,1-2H3. The lowest BCUT2D eigenvalue weighted by Crippen LogP contribution is -2.28. The fourth-order valence-electron chi connectivity index (χ4n) is 1.74. The van der Waals surface area contributed by atoms with Gasteiger partial charge < -0.3 is 14.7 Å². The number of hydrogen-bond acceptors (Lipinski definition) is 3. The van der Waals surface area contributed by atoms with Crippen LogP contribution in [0.3, 0.4) is 0 Å². The molecule has 0 aromatic heterocycles. The van der Waals surface area contributed by atoms with Gasteiger partial charge in [-0.2, -0.15) is 0 Å². The van der Waals surface area contributed by atoms with Gasteiger partial charge in [-0.1, -0.05) is 18.2 Å². The predicted molar refractivity (Wildman–Crippen MR) is 70.7 cm³/mol. The topological polar surface area (TPSA) is 49.8 Å². The first-order chi connectivity index (χ1) is 8.69. The monoisotopic (exact) mass is 251 g/mol. The zero-order valence-corrected chi connectivity index (χ0v) is 11.1. The molecule has 1 N–H and O–H groups in total. The SMILES string of the molecule is COc1ccccc1CCN(C)C(=O)CCCO. The summed E-state index contributed by atoms with van der Waals surface area (Å²) < 4.78 is 5.27. The summed E-state index contributed by atoms with van der Waals surface area (Å²) in [5.41, 5.74) is 1.10. The second-order valence-corrected chi connectivity index (χ2v) is 4.20. The summed E-state index contributed by atoms with van der Waals surface area (Å²) in [4.78, 5) is 13.4. The number of carbonyl (C=O) groups is 1. The number of likely N-dealkylation sites (N-methyl/N-ethyl adjacent to an activating group) is 1. The summed E-state index contributed by atoms with van der Waals surface area (Å²) in [6, 6.07) is 7.82.